The lowest BCUT2D eigenvalue weighted by Crippen LogP contribution is -2.46. The Labute approximate surface area is 143 Å². The lowest BCUT2D eigenvalue weighted by Gasteiger charge is -2.32. The Morgan fingerprint density at radius 3 is 2.96 bits per heavy atom. The number of benzene rings is 1. The molecule has 1 aromatic carbocycles. The second kappa shape index (κ2) is 8.28. The number of rotatable bonds is 7. The van der Waals surface area contributed by atoms with Crippen molar-refractivity contribution in [3.8, 4) is 17.0 Å². The molecule has 0 aliphatic carbocycles. The quantitative estimate of drug-likeness (QED) is 0.812. The number of H-pyrrole nitrogens is 1. The van der Waals surface area contributed by atoms with Gasteiger partial charge in [-0.1, -0.05) is 6.92 Å². The fourth-order valence-corrected chi connectivity index (χ4v) is 3.01. The maximum atomic E-state index is 5.83. The molecule has 2 aromatic rings. The van der Waals surface area contributed by atoms with Gasteiger partial charge in [0.15, 0.2) is 0 Å². The van der Waals surface area contributed by atoms with E-state index in [0.29, 0.717) is 0 Å². The molecule has 24 heavy (non-hydrogen) atoms. The first-order valence-electron chi connectivity index (χ1n) is 8.51. The minimum Gasteiger partial charge on any atom is -0.497 e. The molecule has 0 spiro atoms. The molecular formula is C18H26N4O2. The van der Waals surface area contributed by atoms with E-state index in [0.717, 1.165) is 61.9 Å². The molecule has 1 fully saturated rings. The average molecular weight is 330 g/mol. The van der Waals surface area contributed by atoms with Crippen LogP contribution in [-0.4, -0.2) is 61.1 Å². The largest absolute Gasteiger partial charge is 0.497 e. The number of hydrogen-bond donors (Lipinski definition) is 2. The maximum absolute atomic E-state index is 5.83. The summed E-state index contributed by atoms with van der Waals surface area (Å²) in [6.07, 6.45) is 2.14. The van der Waals surface area contributed by atoms with Gasteiger partial charge in [-0.25, -0.2) is 0 Å². The lowest BCUT2D eigenvalue weighted by atomic mass is 10.1. The zero-order valence-corrected chi connectivity index (χ0v) is 14.4. The van der Waals surface area contributed by atoms with E-state index in [-0.39, 0.29) is 6.10 Å². The van der Waals surface area contributed by atoms with Gasteiger partial charge in [-0.15, -0.1) is 0 Å². The van der Waals surface area contributed by atoms with Crippen LogP contribution in [0.1, 0.15) is 12.5 Å². The molecule has 0 radical (unpaired) electrons. The summed E-state index contributed by atoms with van der Waals surface area (Å²) in [5, 5.41) is 10.8. The average Bonchev–Trinajstić information content (AvgIpc) is 3.10. The van der Waals surface area contributed by atoms with E-state index in [1.807, 2.05) is 30.5 Å². The van der Waals surface area contributed by atoms with E-state index in [4.69, 9.17) is 9.47 Å². The predicted molar refractivity (Wildman–Crippen MR) is 94.1 cm³/mol. The number of morpholine rings is 1. The highest BCUT2D eigenvalue weighted by atomic mass is 16.5. The van der Waals surface area contributed by atoms with Gasteiger partial charge in [-0.05, 0) is 30.8 Å². The van der Waals surface area contributed by atoms with Gasteiger partial charge in [0.1, 0.15) is 5.75 Å². The van der Waals surface area contributed by atoms with Crippen LogP contribution in [0, 0.1) is 0 Å². The molecule has 1 aliphatic rings. The van der Waals surface area contributed by atoms with Crippen molar-refractivity contribution in [2.45, 2.75) is 19.6 Å². The summed E-state index contributed by atoms with van der Waals surface area (Å²) in [6.45, 7) is 7.76. The molecule has 6 heteroatoms. The fraction of sp³-hybridized carbons (Fsp3) is 0.500. The van der Waals surface area contributed by atoms with Crippen LogP contribution in [0.15, 0.2) is 30.5 Å². The van der Waals surface area contributed by atoms with E-state index in [1.54, 1.807) is 7.11 Å². The highest BCUT2D eigenvalue weighted by Gasteiger charge is 2.19. The van der Waals surface area contributed by atoms with Crippen molar-refractivity contribution in [3.63, 3.8) is 0 Å². The monoisotopic (exact) mass is 330 g/mol. The van der Waals surface area contributed by atoms with E-state index in [1.165, 1.54) is 0 Å². The minimum atomic E-state index is 0.259. The standard InChI is InChI=1S/C18H26N4O2/c1-3-22-8-9-24-17(13-22)12-19-10-15-11-20-21-18(15)14-4-6-16(23-2)7-5-14/h4-7,11,17,19H,3,8-10,12-13H2,1-2H3,(H,20,21)/t17-/m0/s1. The number of ether oxygens (including phenoxy) is 2. The van der Waals surface area contributed by atoms with Crippen LogP contribution in [0.5, 0.6) is 5.75 Å². The Kier molecular flexibility index (Phi) is 5.85. The minimum absolute atomic E-state index is 0.259. The second-order valence-electron chi connectivity index (χ2n) is 6.02. The van der Waals surface area contributed by atoms with Crippen molar-refractivity contribution in [2.75, 3.05) is 39.9 Å². The third kappa shape index (κ3) is 4.14. The highest BCUT2D eigenvalue weighted by molar-refractivity contribution is 5.63. The van der Waals surface area contributed by atoms with Gasteiger partial charge < -0.3 is 14.8 Å². The zero-order chi connectivity index (χ0) is 16.8. The molecule has 2 heterocycles. The smallest absolute Gasteiger partial charge is 0.118 e. The van der Waals surface area contributed by atoms with Crippen LogP contribution >= 0.6 is 0 Å². The van der Waals surface area contributed by atoms with Crippen molar-refractivity contribution in [2.24, 2.45) is 0 Å². The van der Waals surface area contributed by atoms with E-state index in [2.05, 4.69) is 27.3 Å². The van der Waals surface area contributed by atoms with Crippen molar-refractivity contribution < 1.29 is 9.47 Å². The Morgan fingerprint density at radius 2 is 2.21 bits per heavy atom. The molecule has 2 N–H and O–H groups in total. The lowest BCUT2D eigenvalue weighted by molar-refractivity contribution is -0.0253. The predicted octanol–water partition coefficient (Wildman–Crippen LogP) is 1.90. The van der Waals surface area contributed by atoms with Gasteiger partial charge >= 0.3 is 0 Å². The van der Waals surface area contributed by atoms with Crippen LogP contribution in [0.4, 0.5) is 0 Å². The first-order chi connectivity index (χ1) is 11.8. The van der Waals surface area contributed by atoms with Crippen molar-refractivity contribution in [3.05, 3.63) is 36.0 Å². The number of nitrogens with zero attached hydrogens (tertiary/aromatic N) is 2. The molecule has 3 rings (SSSR count). The number of aromatic amines is 1. The molecule has 1 saturated heterocycles. The summed E-state index contributed by atoms with van der Waals surface area (Å²) in [6, 6.07) is 8.00. The Bertz CT molecular complexity index is 626. The molecule has 1 aliphatic heterocycles. The number of aromatic nitrogens is 2. The number of hydrogen-bond acceptors (Lipinski definition) is 5. The molecule has 6 nitrogen and oxygen atoms in total. The summed E-state index contributed by atoms with van der Waals surface area (Å²) >= 11 is 0. The number of methoxy groups -OCH3 is 1. The van der Waals surface area contributed by atoms with Gasteiger partial charge in [0.2, 0.25) is 0 Å². The van der Waals surface area contributed by atoms with Crippen LogP contribution in [0.2, 0.25) is 0 Å². The van der Waals surface area contributed by atoms with Crippen molar-refractivity contribution >= 4 is 0 Å². The first kappa shape index (κ1) is 17.0. The SMILES string of the molecule is CCN1CCO[C@@H](CNCc2cn[nH]c2-c2ccc(OC)cc2)C1. The molecule has 0 amide bonds. The Morgan fingerprint density at radius 1 is 1.38 bits per heavy atom. The van der Waals surface area contributed by atoms with Crippen molar-refractivity contribution in [1.29, 1.82) is 0 Å². The van der Waals surface area contributed by atoms with Crippen LogP contribution < -0.4 is 10.1 Å². The van der Waals surface area contributed by atoms with Crippen molar-refractivity contribution in [1.82, 2.24) is 20.4 Å². The zero-order valence-electron chi connectivity index (χ0n) is 14.4. The number of likely N-dealkylation sites (N-methyl/N-ethyl adjacent to an activating group) is 1. The summed E-state index contributed by atoms with van der Waals surface area (Å²) in [7, 11) is 1.67. The fourth-order valence-electron chi connectivity index (χ4n) is 3.01. The van der Waals surface area contributed by atoms with E-state index < -0.39 is 0 Å². The summed E-state index contributed by atoms with van der Waals surface area (Å²) < 4.78 is 11.0. The van der Waals surface area contributed by atoms with Gasteiger partial charge in [-0.2, -0.15) is 5.10 Å². The van der Waals surface area contributed by atoms with Crippen LogP contribution in [-0.2, 0) is 11.3 Å². The first-order valence-corrected chi connectivity index (χ1v) is 8.51. The Balaban J connectivity index is 1.55. The van der Waals surface area contributed by atoms with E-state index >= 15 is 0 Å². The molecule has 1 aromatic heterocycles. The van der Waals surface area contributed by atoms with Gasteiger partial charge in [-0.3, -0.25) is 10.00 Å². The Hall–Kier alpha value is -1.89. The van der Waals surface area contributed by atoms with Gasteiger partial charge in [0, 0.05) is 37.3 Å². The third-order valence-electron chi connectivity index (χ3n) is 4.45. The van der Waals surface area contributed by atoms with Crippen LogP contribution in [0.25, 0.3) is 11.3 Å². The number of nitrogens with one attached hydrogen (secondary N) is 2. The van der Waals surface area contributed by atoms with Crippen LogP contribution in [0.3, 0.4) is 0 Å². The highest BCUT2D eigenvalue weighted by Crippen LogP contribution is 2.23. The second-order valence-corrected chi connectivity index (χ2v) is 6.02. The maximum Gasteiger partial charge on any atom is 0.118 e. The molecule has 1 atom stereocenters. The van der Waals surface area contributed by atoms with Gasteiger partial charge in [0.05, 0.1) is 31.7 Å². The normalized spacial score (nSPS) is 18.7. The summed E-state index contributed by atoms with van der Waals surface area (Å²) in [5.41, 5.74) is 3.31. The molecule has 130 valence electrons. The third-order valence-corrected chi connectivity index (χ3v) is 4.45. The van der Waals surface area contributed by atoms with E-state index in [9.17, 15) is 0 Å². The molecule has 0 bridgehead atoms. The summed E-state index contributed by atoms with van der Waals surface area (Å²) in [5.74, 6) is 0.855. The molecular weight excluding hydrogens is 304 g/mol. The summed E-state index contributed by atoms with van der Waals surface area (Å²) in [4.78, 5) is 2.43. The topological polar surface area (TPSA) is 62.4 Å². The molecule has 0 saturated carbocycles. The van der Waals surface area contributed by atoms with Gasteiger partial charge in [0.25, 0.3) is 0 Å². The molecule has 0 unspecified atom stereocenters.